The molecule has 0 radical (unpaired) electrons. The first kappa shape index (κ1) is 20.8. The van der Waals surface area contributed by atoms with Gasteiger partial charge >= 0.3 is 0 Å². The summed E-state index contributed by atoms with van der Waals surface area (Å²) >= 11 is 0. The quantitative estimate of drug-likeness (QED) is 0.729. The number of hydrogen-bond acceptors (Lipinski definition) is 4. The Morgan fingerprint density at radius 2 is 1.81 bits per heavy atom. The van der Waals surface area contributed by atoms with Gasteiger partial charge in [0.15, 0.2) is 0 Å². The highest BCUT2D eigenvalue weighted by molar-refractivity contribution is 6.06. The zero-order valence-corrected chi connectivity index (χ0v) is 19.2. The molecule has 4 saturated carbocycles. The van der Waals surface area contributed by atoms with Crippen molar-refractivity contribution in [2.75, 3.05) is 0 Å². The lowest BCUT2D eigenvalue weighted by Crippen LogP contribution is -2.49. The van der Waals surface area contributed by atoms with E-state index in [0.29, 0.717) is 34.6 Å². The van der Waals surface area contributed by atoms with Gasteiger partial charge in [0.25, 0.3) is 11.5 Å². The molecule has 0 aromatic carbocycles. The van der Waals surface area contributed by atoms with Gasteiger partial charge in [-0.2, -0.15) is 0 Å². The third-order valence-corrected chi connectivity index (χ3v) is 7.93. The van der Waals surface area contributed by atoms with Crippen LogP contribution in [0.15, 0.2) is 15.5 Å². The monoisotopic (exact) mass is 425 g/mol. The van der Waals surface area contributed by atoms with E-state index in [1.54, 1.807) is 11.5 Å². The fourth-order valence-corrected chi connectivity index (χ4v) is 7.47. The Morgan fingerprint density at radius 3 is 2.39 bits per heavy atom. The zero-order chi connectivity index (χ0) is 21.9. The van der Waals surface area contributed by atoms with Crippen LogP contribution in [0.5, 0.6) is 0 Å². The SMILES string of the molecule is Cc1oc2ncn(CC(C)C)c(=O)c2c1C(=O)NC(C)CC12CC3CC(CC(C3)C1)C2. The van der Waals surface area contributed by atoms with Crippen molar-refractivity contribution in [3.63, 3.8) is 0 Å². The second-order valence-corrected chi connectivity index (χ2v) is 11.3. The molecule has 6 heteroatoms. The van der Waals surface area contributed by atoms with E-state index in [1.807, 2.05) is 0 Å². The molecule has 4 fully saturated rings. The zero-order valence-electron chi connectivity index (χ0n) is 19.2. The normalized spacial score (nSPS) is 30.3. The minimum absolute atomic E-state index is 0.0719. The number of nitrogens with one attached hydrogen (secondary N) is 1. The van der Waals surface area contributed by atoms with Crippen LogP contribution >= 0.6 is 0 Å². The number of carbonyl (C=O) groups excluding carboxylic acids is 1. The van der Waals surface area contributed by atoms with Crippen molar-refractivity contribution in [3.8, 4) is 0 Å². The molecule has 4 aliphatic carbocycles. The summed E-state index contributed by atoms with van der Waals surface area (Å²) in [6.07, 6.45) is 10.8. The third-order valence-electron chi connectivity index (χ3n) is 7.93. The summed E-state index contributed by atoms with van der Waals surface area (Å²) in [7, 11) is 0. The Labute approximate surface area is 183 Å². The molecule has 1 amide bonds. The van der Waals surface area contributed by atoms with Gasteiger partial charge in [-0.15, -0.1) is 0 Å². The van der Waals surface area contributed by atoms with Crippen molar-refractivity contribution in [2.24, 2.45) is 29.1 Å². The summed E-state index contributed by atoms with van der Waals surface area (Å²) in [6, 6.07) is 0.0719. The number of amides is 1. The van der Waals surface area contributed by atoms with Crippen molar-refractivity contribution in [2.45, 2.75) is 85.2 Å². The molecule has 0 saturated heterocycles. The summed E-state index contributed by atoms with van der Waals surface area (Å²) in [5.41, 5.74) is 0.805. The number of rotatable bonds is 6. The second-order valence-electron chi connectivity index (χ2n) is 11.3. The summed E-state index contributed by atoms with van der Waals surface area (Å²) < 4.78 is 7.27. The fourth-order valence-electron chi connectivity index (χ4n) is 7.47. The number of furan rings is 1. The topological polar surface area (TPSA) is 77.1 Å². The van der Waals surface area contributed by atoms with Gasteiger partial charge < -0.3 is 9.73 Å². The van der Waals surface area contributed by atoms with E-state index < -0.39 is 0 Å². The molecule has 1 unspecified atom stereocenters. The number of hydrogen-bond donors (Lipinski definition) is 1. The molecular weight excluding hydrogens is 390 g/mol. The van der Waals surface area contributed by atoms with E-state index in [2.05, 4.69) is 31.1 Å². The van der Waals surface area contributed by atoms with Crippen LogP contribution in [0.2, 0.25) is 0 Å². The summed E-state index contributed by atoms with van der Waals surface area (Å²) in [6.45, 7) is 8.53. The van der Waals surface area contributed by atoms with Crippen LogP contribution < -0.4 is 10.9 Å². The van der Waals surface area contributed by atoms with Gasteiger partial charge in [0.2, 0.25) is 5.71 Å². The van der Waals surface area contributed by atoms with Crippen molar-refractivity contribution < 1.29 is 9.21 Å². The van der Waals surface area contributed by atoms with E-state index in [1.165, 1.54) is 44.9 Å². The highest BCUT2D eigenvalue weighted by Gasteiger charge is 2.51. The minimum atomic E-state index is -0.213. The molecule has 0 aliphatic heterocycles. The van der Waals surface area contributed by atoms with E-state index in [4.69, 9.17) is 4.42 Å². The minimum Gasteiger partial charge on any atom is -0.442 e. The van der Waals surface area contributed by atoms with E-state index in [-0.39, 0.29) is 23.2 Å². The second kappa shape index (κ2) is 7.49. The molecule has 2 aromatic heterocycles. The molecule has 2 aromatic rings. The Balaban J connectivity index is 1.36. The van der Waals surface area contributed by atoms with E-state index >= 15 is 0 Å². The van der Waals surface area contributed by atoms with Gasteiger partial charge in [-0.25, -0.2) is 4.98 Å². The van der Waals surface area contributed by atoms with Gasteiger partial charge in [0, 0.05) is 12.6 Å². The fraction of sp³-hybridized carbons (Fsp3) is 0.720. The van der Waals surface area contributed by atoms with Gasteiger partial charge in [-0.05, 0) is 87.9 Å². The average Bonchev–Trinajstić information content (AvgIpc) is 2.99. The van der Waals surface area contributed by atoms with Crippen LogP contribution in [0, 0.1) is 36.0 Å². The lowest BCUT2D eigenvalue weighted by Gasteiger charge is -2.57. The standard InChI is InChI=1S/C25H35N3O3/c1-14(2)12-28-13-26-23-21(24(28)30)20(16(4)31-23)22(29)27-15(3)8-25-9-17-5-18(10-25)7-19(6-17)11-25/h13-15,17-19H,5-12H2,1-4H3,(H,27,29). The highest BCUT2D eigenvalue weighted by atomic mass is 16.3. The van der Waals surface area contributed by atoms with Crippen molar-refractivity contribution in [3.05, 3.63) is 28.0 Å². The molecule has 2 heterocycles. The van der Waals surface area contributed by atoms with Crippen molar-refractivity contribution in [1.29, 1.82) is 0 Å². The summed E-state index contributed by atoms with van der Waals surface area (Å²) in [4.78, 5) is 30.6. The van der Waals surface area contributed by atoms with Crippen LogP contribution in [0.3, 0.4) is 0 Å². The molecule has 0 spiro atoms. The summed E-state index contributed by atoms with van der Waals surface area (Å²) in [5, 5.41) is 3.51. The first-order valence-electron chi connectivity index (χ1n) is 12.0. The van der Waals surface area contributed by atoms with Gasteiger partial charge in [-0.3, -0.25) is 14.2 Å². The van der Waals surface area contributed by atoms with Crippen molar-refractivity contribution >= 4 is 17.0 Å². The summed E-state index contributed by atoms with van der Waals surface area (Å²) in [5.74, 6) is 3.26. The van der Waals surface area contributed by atoms with Gasteiger partial charge in [-0.1, -0.05) is 13.8 Å². The predicted molar refractivity (Wildman–Crippen MR) is 120 cm³/mol. The van der Waals surface area contributed by atoms with E-state index in [9.17, 15) is 9.59 Å². The molecule has 6 nitrogen and oxygen atoms in total. The molecular formula is C25H35N3O3. The molecule has 31 heavy (non-hydrogen) atoms. The predicted octanol–water partition coefficient (Wildman–Crippen LogP) is 4.68. The Bertz CT molecular complexity index is 1030. The smallest absolute Gasteiger partial charge is 0.265 e. The molecule has 168 valence electrons. The number of aromatic nitrogens is 2. The van der Waals surface area contributed by atoms with Crippen molar-refractivity contribution in [1.82, 2.24) is 14.9 Å². The first-order valence-corrected chi connectivity index (χ1v) is 12.0. The van der Waals surface area contributed by atoms with Crippen LogP contribution in [-0.4, -0.2) is 21.5 Å². The maximum Gasteiger partial charge on any atom is 0.265 e. The van der Waals surface area contributed by atoms with Crippen LogP contribution in [0.25, 0.3) is 11.1 Å². The molecule has 4 aliphatic rings. The third kappa shape index (κ3) is 3.72. The Kier molecular flexibility index (Phi) is 5.02. The Morgan fingerprint density at radius 1 is 1.19 bits per heavy atom. The number of carbonyl (C=O) groups is 1. The Hall–Kier alpha value is -2.11. The van der Waals surface area contributed by atoms with Crippen LogP contribution in [0.4, 0.5) is 0 Å². The molecule has 6 rings (SSSR count). The lowest BCUT2D eigenvalue weighted by molar-refractivity contribution is -0.0607. The van der Waals surface area contributed by atoms with Gasteiger partial charge in [0.05, 0.1) is 5.56 Å². The maximum absolute atomic E-state index is 13.3. The lowest BCUT2D eigenvalue weighted by atomic mass is 9.48. The molecule has 1 atom stereocenters. The molecule has 1 N–H and O–H groups in total. The maximum atomic E-state index is 13.3. The average molecular weight is 426 g/mol. The van der Waals surface area contributed by atoms with E-state index in [0.717, 1.165) is 24.2 Å². The number of aryl methyl sites for hydroxylation is 1. The number of fused-ring (bicyclic) bond motifs is 1. The largest absolute Gasteiger partial charge is 0.442 e. The number of nitrogens with zero attached hydrogens (tertiary/aromatic N) is 2. The van der Waals surface area contributed by atoms with Crippen LogP contribution in [-0.2, 0) is 6.54 Å². The molecule has 4 bridgehead atoms. The first-order chi connectivity index (χ1) is 14.7. The van der Waals surface area contributed by atoms with Gasteiger partial charge in [0.1, 0.15) is 17.5 Å². The van der Waals surface area contributed by atoms with Crippen LogP contribution in [0.1, 0.15) is 81.8 Å². The highest BCUT2D eigenvalue weighted by Crippen LogP contribution is 2.61.